The molecule has 3 amide bonds. The molecule has 0 spiro atoms. The van der Waals surface area contributed by atoms with Gasteiger partial charge in [0.2, 0.25) is 11.8 Å². The van der Waals surface area contributed by atoms with Crippen LogP contribution in [0.3, 0.4) is 0 Å². The van der Waals surface area contributed by atoms with E-state index in [-0.39, 0.29) is 53.1 Å². The normalized spacial score (nSPS) is 20.2. The third kappa shape index (κ3) is 9.89. The van der Waals surface area contributed by atoms with Crippen molar-refractivity contribution in [2.24, 2.45) is 5.92 Å². The Hall–Kier alpha value is -5.16. The van der Waals surface area contributed by atoms with Crippen molar-refractivity contribution >= 4 is 69.4 Å². The number of nitrogens with one attached hydrogen (secondary N) is 3. The Balaban J connectivity index is 1.04. The van der Waals surface area contributed by atoms with E-state index in [1.54, 1.807) is 18.2 Å². The largest absolute Gasteiger partial charge is 0.493 e. The van der Waals surface area contributed by atoms with Gasteiger partial charge in [0, 0.05) is 29.0 Å². The zero-order chi connectivity index (χ0) is 43.7. The lowest BCUT2D eigenvalue weighted by Gasteiger charge is -2.32. The molecule has 3 fully saturated rings. The molecule has 2 aromatic carbocycles. The van der Waals surface area contributed by atoms with Crippen molar-refractivity contribution in [1.29, 1.82) is 5.26 Å². The van der Waals surface area contributed by atoms with Gasteiger partial charge in [-0.1, -0.05) is 11.6 Å². The number of amides is 3. The van der Waals surface area contributed by atoms with Crippen molar-refractivity contribution in [2.45, 2.75) is 82.8 Å². The number of aromatic nitrogens is 1. The van der Waals surface area contributed by atoms with Crippen LogP contribution in [0.5, 0.6) is 5.75 Å². The highest BCUT2D eigenvalue weighted by Crippen LogP contribution is 2.43. The summed E-state index contributed by atoms with van der Waals surface area (Å²) in [6, 6.07) is 10.3. The number of benzene rings is 2. The summed E-state index contributed by atoms with van der Waals surface area (Å²) >= 11 is 11.8. The van der Waals surface area contributed by atoms with Crippen LogP contribution in [0.4, 0.5) is 44.7 Å². The van der Waals surface area contributed by atoms with Crippen molar-refractivity contribution in [2.75, 3.05) is 46.7 Å². The Bertz CT molecular complexity index is 2210. The van der Waals surface area contributed by atoms with Crippen LogP contribution in [0.15, 0.2) is 48.7 Å². The van der Waals surface area contributed by atoms with Crippen molar-refractivity contribution < 1.29 is 46.2 Å². The van der Waals surface area contributed by atoms with E-state index in [0.29, 0.717) is 61.7 Å². The fourth-order valence-electron chi connectivity index (χ4n) is 7.51. The first kappa shape index (κ1) is 44.4. The smallest absolute Gasteiger partial charge is 0.419 e. The Kier molecular flexibility index (Phi) is 12.9. The van der Waals surface area contributed by atoms with Gasteiger partial charge in [-0.2, -0.15) is 18.4 Å². The van der Waals surface area contributed by atoms with Crippen molar-refractivity contribution in [3.63, 3.8) is 0 Å². The second-order valence-corrected chi connectivity index (χ2v) is 16.3. The molecule has 2 atom stereocenters. The van der Waals surface area contributed by atoms with Gasteiger partial charge in [0.05, 0.1) is 36.2 Å². The number of carbonyl (C=O) groups excluding carboxylic acids is 3. The Labute approximate surface area is 352 Å². The molecule has 3 saturated heterocycles. The van der Waals surface area contributed by atoms with E-state index in [1.807, 2.05) is 4.90 Å². The lowest BCUT2D eigenvalue weighted by molar-refractivity contribution is -0.138. The first-order valence-electron chi connectivity index (χ1n) is 19.0. The highest BCUT2D eigenvalue weighted by atomic mass is 35.5. The number of thiocarbonyl (C=S) groups is 1. The summed E-state index contributed by atoms with van der Waals surface area (Å²) in [6.07, 6.45) is -2.05. The molecule has 0 aliphatic carbocycles. The van der Waals surface area contributed by atoms with Crippen molar-refractivity contribution in [3.8, 4) is 11.8 Å². The van der Waals surface area contributed by atoms with E-state index in [2.05, 4.69) is 20.9 Å². The van der Waals surface area contributed by atoms with E-state index < -0.39 is 52.6 Å². The number of piperidine rings is 2. The summed E-state index contributed by atoms with van der Waals surface area (Å²) in [6.45, 7) is 5.09. The summed E-state index contributed by atoms with van der Waals surface area (Å²) in [5, 5.41) is 27.3. The molecule has 0 saturated carbocycles. The third-order valence-corrected chi connectivity index (χ3v) is 11.2. The maximum atomic E-state index is 15.1. The number of carbonyl (C=O) groups is 3. The zero-order valence-corrected chi connectivity index (χ0v) is 34.3. The van der Waals surface area contributed by atoms with Crippen LogP contribution in [0.25, 0.3) is 0 Å². The fourth-order valence-corrected chi connectivity index (χ4v) is 8.27. The highest BCUT2D eigenvalue weighted by Gasteiger charge is 2.51. The van der Waals surface area contributed by atoms with E-state index in [9.17, 15) is 32.7 Å². The van der Waals surface area contributed by atoms with Gasteiger partial charge in [-0.25, -0.2) is 13.8 Å². The topological polar surface area (TPSA) is 163 Å². The quantitative estimate of drug-likeness (QED) is 0.112. The Morgan fingerprint density at radius 3 is 2.38 bits per heavy atom. The number of ether oxygens (including phenoxy) is 1. The number of nitriles is 1. The van der Waals surface area contributed by atoms with Gasteiger partial charge in [0.25, 0.3) is 11.8 Å². The SMILES string of the molecule is CC(F)(F)c1cc(N2C(=S)N(c3cnc(C#N)c(C(F)(F)F)c3)C(=O)C2(C)C)ccc1OCCC1CCN(CC(=O)Nc2cc(Cl)cc(NC3CCC(O)NC3=O)c2)CC1. The number of aliphatic hydroxyl groups excluding tert-OH is 1. The van der Waals surface area contributed by atoms with Gasteiger partial charge in [0.15, 0.2) is 10.8 Å². The number of anilines is 4. The van der Waals surface area contributed by atoms with Gasteiger partial charge in [0.1, 0.15) is 29.6 Å². The lowest BCUT2D eigenvalue weighted by Crippen LogP contribution is -2.49. The maximum absolute atomic E-state index is 15.1. The molecule has 13 nitrogen and oxygen atoms in total. The van der Waals surface area contributed by atoms with E-state index in [1.165, 1.54) is 36.9 Å². The van der Waals surface area contributed by atoms with Crippen LogP contribution < -0.4 is 30.5 Å². The molecule has 1 aromatic heterocycles. The molecular weight excluding hydrogens is 835 g/mol. The minimum absolute atomic E-state index is 0.0845. The minimum Gasteiger partial charge on any atom is -0.493 e. The third-order valence-electron chi connectivity index (χ3n) is 10.6. The number of aliphatic hydroxyl groups is 1. The minimum atomic E-state index is -4.95. The maximum Gasteiger partial charge on any atom is 0.419 e. The molecule has 0 bridgehead atoms. The predicted octanol–water partition coefficient (Wildman–Crippen LogP) is 6.78. The van der Waals surface area contributed by atoms with Gasteiger partial charge < -0.3 is 30.7 Å². The van der Waals surface area contributed by atoms with Crippen LogP contribution >= 0.6 is 23.8 Å². The number of rotatable bonds is 12. The van der Waals surface area contributed by atoms with Crippen LogP contribution in [0, 0.1) is 17.2 Å². The summed E-state index contributed by atoms with van der Waals surface area (Å²) in [7, 11) is 0. The molecule has 20 heteroatoms. The molecule has 3 aliphatic rings. The number of likely N-dealkylation sites (tertiary alicyclic amines) is 1. The first-order chi connectivity index (χ1) is 28.1. The molecule has 3 aliphatic heterocycles. The number of nitrogens with zero attached hydrogens (tertiary/aromatic N) is 5. The molecule has 2 unspecified atom stereocenters. The molecule has 0 radical (unpaired) electrons. The number of pyridine rings is 1. The Morgan fingerprint density at radius 2 is 1.73 bits per heavy atom. The number of hydrogen-bond acceptors (Lipinski definition) is 10. The monoisotopic (exact) mass is 876 g/mol. The lowest BCUT2D eigenvalue weighted by atomic mass is 9.94. The second kappa shape index (κ2) is 17.4. The van der Waals surface area contributed by atoms with Gasteiger partial charge in [-0.15, -0.1) is 0 Å². The Morgan fingerprint density at radius 1 is 1.05 bits per heavy atom. The molecular formula is C40H42ClF5N8O5S. The average Bonchev–Trinajstić information content (AvgIpc) is 3.34. The number of alkyl halides is 5. The second-order valence-electron chi connectivity index (χ2n) is 15.5. The van der Waals surface area contributed by atoms with Crippen LogP contribution in [-0.4, -0.2) is 81.9 Å². The van der Waals surface area contributed by atoms with E-state index in [0.717, 1.165) is 30.0 Å². The summed E-state index contributed by atoms with van der Waals surface area (Å²) in [4.78, 5) is 46.5. The predicted molar refractivity (Wildman–Crippen MR) is 217 cm³/mol. The van der Waals surface area contributed by atoms with Gasteiger partial charge in [-0.05, 0) is 120 Å². The number of halogens is 6. The van der Waals surface area contributed by atoms with Crippen LogP contribution in [0.1, 0.15) is 69.7 Å². The molecule has 60 heavy (non-hydrogen) atoms. The zero-order valence-electron chi connectivity index (χ0n) is 32.7. The van der Waals surface area contributed by atoms with Crippen LogP contribution in [0.2, 0.25) is 5.02 Å². The molecule has 320 valence electrons. The standard InChI is InChI=1S/C40H42ClF5N8O5S/c1-38(2)36(58)53(27-18-28(40(44,45)46)31(19-47)48-20-27)37(60)54(38)26-4-6-32(29(17-26)39(3,42)43)59-13-10-22-8-11-52(12-9-22)21-34(56)50-25-15-23(41)14-24(16-25)49-30-5-7-33(55)51-35(30)57/h4,6,14-18,20,22,30,33,49,55H,5,7-13,21H2,1-3H3,(H,50,56)(H,51,57). The van der Waals surface area contributed by atoms with Gasteiger partial charge >= 0.3 is 6.18 Å². The first-order valence-corrected chi connectivity index (χ1v) is 19.8. The summed E-state index contributed by atoms with van der Waals surface area (Å²) < 4.78 is 77.3. The highest BCUT2D eigenvalue weighted by molar-refractivity contribution is 7.81. The van der Waals surface area contributed by atoms with E-state index >= 15 is 8.78 Å². The molecule has 6 rings (SSSR count). The number of hydrogen-bond donors (Lipinski definition) is 4. The van der Waals surface area contributed by atoms with E-state index in [4.69, 9.17) is 33.8 Å². The molecule has 4 N–H and O–H groups in total. The molecule has 3 aromatic rings. The average molecular weight is 877 g/mol. The van der Waals surface area contributed by atoms with Crippen molar-refractivity contribution in [3.05, 3.63) is 70.5 Å². The summed E-state index contributed by atoms with van der Waals surface area (Å²) in [5.74, 6) is -4.61. The van der Waals surface area contributed by atoms with Crippen molar-refractivity contribution in [1.82, 2.24) is 15.2 Å². The fraction of sp³-hybridized carbons (Fsp3) is 0.450. The van der Waals surface area contributed by atoms with Gasteiger partial charge in [-0.3, -0.25) is 24.2 Å². The van der Waals surface area contributed by atoms with Crippen LogP contribution in [-0.2, 0) is 26.5 Å². The molecule has 4 heterocycles. The summed E-state index contributed by atoms with van der Waals surface area (Å²) in [5.41, 5.74) is -3.49.